The molecule has 0 unspecified atom stereocenters. The van der Waals surface area contributed by atoms with Crippen LogP contribution in [0.4, 0.5) is 10.5 Å². The highest BCUT2D eigenvalue weighted by atomic mass is 16.6. The van der Waals surface area contributed by atoms with Crippen LogP contribution in [0.15, 0.2) is 29.4 Å². The number of hydrogen-bond acceptors (Lipinski definition) is 3. The summed E-state index contributed by atoms with van der Waals surface area (Å²) < 4.78 is 5.21. The SMILES string of the molecule is [N-]=[N+]=NC[C@@H]1OC(=O)N2c3ccccc3C[C@@H]12. The molecule has 2 aliphatic rings. The van der Waals surface area contributed by atoms with E-state index in [9.17, 15) is 4.79 Å². The summed E-state index contributed by atoms with van der Waals surface area (Å²) in [6.07, 6.45) is 0.0666. The maximum Gasteiger partial charge on any atom is 0.415 e. The Morgan fingerprint density at radius 2 is 2.35 bits per heavy atom. The van der Waals surface area contributed by atoms with E-state index in [-0.39, 0.29) is 24.8 Å². The molecule has 1 aromatic rings. The van der Waals surface area contributed by atoms with Gasteiger partial charge in [0.25, 0.3) is 0 Å². The standard InChI is InChI=1S/C11H10N4O2/c12-14-13-6-10-9-5-7-3-1-2-4-8(7)15(9)11(16)17-10/h1-4,9-10H,5-6H2/t9-,10-/m0/s1. The number of azide groups is 1. The maximum atomic E-state index is 11.8. The number of ether oxygens (including phenoxy) is 1. The predicted molar refractivity (Wildman–Crippen MR) is 60.7 cm³/mol. The van der Waals surface area contributed by atoms with Gasteiger partial charge in [0.2, 0.25) is 0 Å². The molecule has 0 aliphatic carbocycles. The zero-order valence-electron chi connectivity index (χ0n) is 8.98. The summed E-state index contributed by atoms with van der Waals surface area (Å²) in [5.41, 5.74) is 10.4. The van der Waals surface area contributed by atoms with E-state index in [1.807, 2.05) is 24.3 Å². The summed E-state index contributed by atoms with van der Waals surface area (Å²) in [5, 5.41) is 3.49. The Hall–Kier alpha value is -2.20. The van der Waals surface area contributed by atoms with Gasteiger partial charge in [0.05, 0.1) is 18.3 Å². The van der Waals surface area contributed by atoms with E-state index >= 15 is 0 Å². The minimum Gasteiger partial charge on any atom is -0.443 e. The number of nitrogens with zero attached hydrogens (tertiary/aromatic N) is 4. The van der Waals surface area contributed by atoms with Gasteiger partial charge in [-0.15, -0.1) is 0 Å². The lowest BCUT2D eigenvalue weighted by Crippen LogP contribution is -2.34. The Labute approximate surface area is 97.4 Å². The number of carbonyl (C=O) groups is 1. The van der Waals surface area contributed by atoms with E-state index in [0.29, 0.717) is 0 Å². The van der Waals surface area contributed by atoms with Crippen LogP contribution in [-0.4, -0.2) is 24.8 Å². The lowest BCUT2D eigenvalue weighted by molar-refractivity contribution is 0.135. The van der Waals surface area contributed by atoms with Gasteiger partial charge in [-0.2, -0.15) is 0 Å². The first-order valence-electron chi connectivity index (χ1n) is 5.40. The van der Waals surface area contributed by atoms with E-state index in [1.165, 1.54) is 0 Å². The lowest BCUT2D eigenvalue weighted by atomic mass is 10.1. The van der Waals surface area contributed by atoms with Gasteiger partial charge in [0.1, 0.15) is 6.10 Å². The van der Waals surface area contributed by atoms with Gasteiger partial charge in [0, 0.05) is 4.91 Å². The van der Waals surface area contributed by atoms with E-state index in [1.54, 1.807) is 4.90 Å². The smallest absolute Gasteiger partial charge is 0.415 e. The largest absolute Gasteiger partial charge is 0.443 e. The summed E-state index contributed by atoms with van der Waals surface area (Å²) in [6, 6.07) is 7.73. The van der Waals surface area contributed by atoms with Crippen LogP contribution in [0.3, 0.4) is 0 Å². The van der Waals surface area contributed by atoms with E-state index in [2.05, 4.69) is 10.0 Å². The molecule has 0 saturated carbocycles. The van der Waals surface area contributed by atoms with Crippen LogP contribution in [0.5, 0.6) is 0 Å². The Kier molecular flexibility index (Phi) is 2.16. The number of fused-ring (bicyclic) bond motifs is 3. The zero-order chi connectivity index (χ0) is 11.8. The first-order chi connectivity index (χ1) is 8.31. The molecule has 6 nitrogen and oxygen atoms in total. The van der Waals surface area contributed by atoms with Crippen molar-refractivity contribution < 1.29 is 9.53 Å². The van der Waals surface area contributed by atoms with Crippen LogP contribution in [0.1, 0.15) is 5.56 Å². The third-order valence-corrected chi connectivity index (χ3v) is 3.21. The number of benzene rings is 1. The second-order valence-electron chi connectivity index (χ2n) is 4.11. The average molecular weight is 230 g/mol. The van der Waals surface area contributed by atoms with Gasteiger partial charge in [-0.05, 0) is 23.6 Å². The van der Waals surface area contributed by atoms with E-state index in [4.69, 9.17) is 10.3 Å². The third-order valence-electron chi connectivity index (χ3n) is 3.21. The Bertz CT molecular complexity index is 524. The molecule has 86 valence electrons. The second-order valence-corrected chi connectivity index (χ2v) is 4.11. The molecule has 1 amide bonds. The molecule has 17 heavy (non-hydrogen) atoms. The predicted octanol–water partition coefficient (Wildman–Crippen LogP) is 2.25. The van der Waals surface area contributed by atoms with Crippen LogP contribution >= 0.6 is 0 Å². The summed E-state index contributed by atoms with van der Waals surface area (Å²) >= 11 is 0. The van der Waals surface area contributed by atoms with Crippen molar-refractivity contribution in [3.8, 4) is 0 Å². The van der Waals surface area contributed by atoms with E-state index in [0.717, 1.165) is 17.7 Å². The number of rotatable bonds is 2. The van der Waals surface area contributed by atoms with Crippen molar-refractivity contribution in [1.29, 1.82) is 0 Å². The number of anilines is 1. The quantitative estimate of drug-likeness (QED) is 0.443. The maximum absolute atomic E-state index is 11.8. The van der Waals surface area contributed by atoms with Crippen LogP contribution in [-0.2, 0) is 11.2 Å². The molecule has 0 aromatic heterocycles. The van der Waals surface area contributed by atoms with Crippen LogP contribution < -0.4 is 4.90 Å². The Morgan fingerprint density at radius 1 is 1.53 bits per heavy atom. The van der Waals surface area contributed by atoms with Crippen molar-refractivity contribution in [3.63, 3.8) is 0 Å². The average Bonchev–Trinajstić information content (AvgIpc) is 2.85. The first-order valence-corrected chi connectivity index (χ1v) is 5.40. The van der Waals surface area contributed by atoms with Crippen LogP contribution in [0, 0.1) is 0 Å². The highest BCUT2D eigenvalue weighted by Gasteiger charge is 2.46. The van der Waals surface area contributed by atoms with Crippen molar-refractivity contribution in [2.45, 2.75) is 18.6 Å². The normalized spacial score (nSPS) is 24.9. The number of carbonyl (C=O) groups excluding carboxylic acids is 1. The third kappa shape index (κ3) is 1.42. The number of para-hydroxylation sites is 1. The molecule has 0 spiro atoms. The number of cyclic esters (lactones) is 1. The molecule has 6 heteroatoms. The molecule has 1 saturated heterocycles. The summed E-state index contributed by atoms with van der Waals surface area (Å²) in [5.74, 6) is 0. The molecular formula is C11H10N4O2. The Balaban J connectivity index is 1.93. The molecule has 2 atom stereocenters. The number of hydrogen-bond donors (Lipinski definition) is 0. The second kappa shape index (κ2) is 3.68. The fraction of sp³-hybridized carbons (Fsp3) is 0.364. The molecule has 0 radical (unpaired) electrons. The van der Waals surface area contributed by atoms with E-state index < -0.39 is 0 Å². The fourth-order valence-electron chi connectivity index (χ4n) is 2.49. The molecule has 3 rings (SSSR count). The van der Waals surface area contributed by atoms with Gasteiger partial charge in [-0.25, -0.2) is 4.79 Å². The molecule has 0 bridgehead atoms. The molecule has 2 heterocycles. The minimum atomic E-state index is -0.349. The summed E-state index contributed by atoms with van der Waals surface area (Å²) in [4.78, 5) is 16.1. The van der Waals surface area contributed by atoms with Crippen molar-refractivity contribution in [2.24, 2.45) is 5.11 Å². The molecular weight excluding hydrogens is 220 g/mol. The first kappa shape index (κ1) is 9.99. The van der Waals surface area contributed by atoms with Gasteiger partial charge in [-0.1, -0.05) is 23.3 Å². The van der Waals surface area contributed by atoms with Crippen LogP contribution in [0.25, 0.3) is 10.4 Å². The monoisotopic (exact) mass is 230 g/mol. The molecule has 1 fully saturated rings. The zero-order valence-corrected chi connectivity index (χ0v) is 8.98. The van der Waals surface area contributed by atoms with Crippen molar-refractivity contribution in [3.05, 3.63) is 40.3 Å². The fourth-order valence-corrected chi connectivity index (χ4v) is 2.49. The van der Waals surface area contributed by atoms with Crippen molar-refractivity contribution in [1.82, 2.24) is 0 Å². The molecule has 1 aromatic carbocycles. The highest BCUT2D eigenvalue weighted by molar-refractivity contribution is 5.93. The van der Waals surface area contributed by atoms with Gasteiger partial charge in [-0.3, -0.25) is 4.90 Å². The van der Waals surface area contributed by atoms with Gasteiger partial charge < -0.3 is 4.74 Å². The summed E-state index contributed by atoms with van der Waals surface area (Å²) in [6.45, 7) is 0.192. The van der Waals surface area contributed by atoms with Crippen molar-refractivity contribution in [2.75, 3.05) is 11.4 Å². The van der Waals surface area contributed by atoms with Gasteiger partial charge in [0.15, 0.2) is 0 Å². The minimum absolute atomic E-state index is 0.0367. The molecule has 2 aliphatic heterocycles. The highest BCUT2D eigenvalue weighted by Crippen LogP contribution is 2.38. The Morgan fingerprint density at radius 3 is 3.18 bits per heavy atom. The van der Waals surface area contributed by atoms with Crippen LogP contribution in [0.2, 0.25) is 0 Å². The lowest BCUT2D eigenvalue weighted by Gasteiger charge is -2.14. The van der Waals surface area contributed by atoms with Crippen molar-refractivity contribution >= 4 is 11.8 Å². The van der Waals surface area contributed by atoms with Gasteiger partial charge >= 0.3 is 6.09 Å². The number of amides is 1. The topological polar surface area (TPSA) is 78.3 Å². The summed E-state index contributed by atoms with van der Waals surface area (Å²) in [7, 11) is 0. The molecule has 0 N–H and O–H groups in total.